The van der Waals surface area contributed by atoms with Gasteiger partial charge < -0.3 is 19.5 Å². The number of methoxy groups -OCH3 is 2. The third kappa shape index (κ3) is 5.44. The smallest absolute Gasteiger partial charge is 0.270 e. The van der Waals surface area contributed by atoms with E-state index in [4.69, 9.17) is 14.2 Å². The molecule has 1 aromatic heterocycles. The van der Waals surface area contributed by atoms with Crippen LogP contribution in [-0.4, -0.2) is 44.9 Å². The maximum atomic E-state index is 12.2. The number of hydrogen-bond donors (Lipinski definition) is 1. The molecule has 6 nitrogen and oxygen atoms in total. The van der Waals surface area contributed by atoms with Crippen LogP contribution in [0.4, 0.5) is 0 Å². The Hall–Kier alpha value is -2.12. The van der Waals surface area contributed by atoms with Gasteiger partial charge in [0.05, 0.1) is 19.8 Å². The number of nitrogens with one attached hydrogen (secondary N) is 1. The van der Waals surface area contributed by atoms with Gasteiger partial charge in [0.2, 0.25) is 0 Å². The molecule has 1 aromatic carbocycles. The number of thiazole rings is 1. The molecule has 1 heterocycles. The highest BCUT2D eigenvalue weighted by Crippen LogP contribution is 2.38. The molecule has 0 saturated carbocycles. The Labute approximate surface area is 158 Å². The summed E-state index contributed by atoms with van der Waals surface area (Å²) < 4.78 is 16.2. The molecule has 0 aliphatic rings. The quantitative estimate of drug-likeness (QED) is 0.603. The highest BCUT2D eigenvalue weighted by Gasteiger charge is 2.16. The van der Waals surface area contributed by atoms with E-state index < -0.39 is 0 Å². The van der Waals surface area contributed by atoms with Crippen molar-refractivity contribution in [2.24, 2.45) is 0 Å². The molecule has 1 amide bonds. The van der Waals surface area contributed by atoms with Crippen molar-refractivity contribution in [3.8, 4) is 22.1 Å². The molecule has 1 N–H and O–H groups in total. The monoisotopic (exact) mass is 378 g/mol. The lowest BCUT2D eigenvalue weighted by atomic mass is 10.2. The van der Waals surface area contributed by atoms with Crippen LogP contribution in [-0.2, 0) is 4.74 Å². The summed E-state index contributed by atoms with van der Waals surface area (Å²) in [6, 6.07) is 5.60. The Morgan fingerprint density at radius 1 is 1.19 bits per heavy atom. The van der Waals surface area contributed by atoms with Gasteiger partial charge in [-0.1, -0.05) is 19.4 Å². The number of nitrogens with zero attached hydrogens (tertiary/aromatic N) is 1. The maximum absolute atomic E-state index is 12.2. The number of ether oxygens (including phenoxy) is 3. The number of carbonyl (C=O) groups is 1. The van der Waals surface area contributed by atoms with Crippen molar-refractivity contribution in [3.63, 3.8) is 0 Å². The summed E-state index contributed by atoms with van der Waals surface area (Å²) in [5.74, 6) is 1.07. The van der Waals surface area contributed by atoms with Crippen LogP contribution in [0.3, 0.4) is 0 Å². The van der Waals surface area contributed by atoms with Crippen LogP contribution in [0, 0.1) is 0 Å². The number of carbonyl (C=O) groups excluding carboxylic acids is 1. The van der Waals surface area contributed by atoms with E-state index in [2.05, 4.69) is 17.2 Å². The third-order valence-electron chi connectivity index (χ3n) is 3.76. The number of benzene rings is 1. The lowest BCUT2D eigenvalue weighted by molar-refractivity contribution is 0.0936. The zero-order chi connectivity index (χ0) is 18.8. The second-order valence-electron chi connectivity index (χ2n) is 5.65. The molecule has 26 heavy (non-hydrogen) atoms. The van der Waals surface area contributed by atoms with Crippen LogP contribution in [0.15, 0.2) is 23.6 Å². The lowest BCUT2D eigenvalue weighted by Crippen LogP contribution is -2.25. The minimum absolute atomic E-state index is 0.178. The highest BCUT2D eigenvalue weighted by molar-refractivity contribution is 7.13. The van der Waals surface area contributed by atoms with Gasteiger partial charge in [0, 0.05) is 25.1 Å². The van der Waals surface area contributed by atoms with Crippen molar-refractivity contribution in [2.45, 2.75) is 26.2 Å². The number of aromatic nitrogens is 1. The average Bonchev–Trinajstić information content (AvgIpc) is 3.16. The Morgan fingerprint density at radius 2 is 2.00 bits per heavy atom. The van der Waals surface area contributed by atoms with Gasteiger partial charge >= 0.3 is 0 Å². The van der Waals surface area contributed by atoms with Crippen molar-refractivity contribution in [1.29, 1.82) is 0 Å². The highest BCUT2D eigenvalue weighted by atomic mass is 32.1. The van der Waals surface area contributed by atoms with Crippen molar-refractivity contribution in [3.05, 3.63) is 29.3 Å². The van der Waals surface area contributed by atoms with Crippen molar-refractivity contribution in [2.75, 3.05) is 34.0 Å². The lowest BCUT2D eigenvalue weighted by Gasteiger charge is -2.10. The Balaban J connectivity index is 1.92. The van der Waals surface area contributed by atoms with Crippen LogP contribution < -0.4 is 14.8 Å². The summed E-state index contributed by atoms with van der Waals surface area (Å²) in [4.78, 5) is 16.7. The van der Waals surface area contributed by atoms with Gasteiger partial charge in [-0.25, -0.2) is 4.98 Å². The molecule has 0 aliphatic carbocycles. The van der Waals surface area contributed by atoms with Crippen LogP contribution in [0.5, 0.6) is 11.5 Å². The van der Waals surface area contributed by atoms with Crippen LogP contribution in [0.1, 0.15) is 36.7 Å². The molecular weight excluding hydrogens is 352 g/mol. The molecule has 0 saturated heterocycles. The SMILES string of the molecule is CCCCOCCCNC(=O)c1csc(-c2cccc(OC)c2OC)n1. The number of amides is 1. The molecule has 0 spiro atoms. The summed E-state index contributed by atoms with van der Waals surface area (Å²) in [6.07, 6.45) is 2.98. The van der Waals surface area contributed by atoms with Crippen LogP contribution >= 0.6 is 11.3 Å². The molecule has 0 fully saturated rings. The van der Waals surface area contributed by atoms with Gasteiger partial charge in [0.15, 0.2) is 11.5 Å². The fourth-order valence-corrected chi connectivity index (χ4v) is 3.19. The Morgan fingerprint density at radius 3 is 2.73 bits per heavy atom. The van der Waals surface area contributed by atoms with Crippen LogP contribution in [0.2, 0.25) is 0 Å². The van der Waals surface area contributed by atoms with Gasteiger partial charge in [-0.3, -0.25) is 4.79 Å². The van der Waals surface area contributed by atoms with Crippen molar-refractivity contribution >= 4 is 17.2 Å². The molecule has 0 unspecified atom stereocenters. The fourth-order valence-electron chi connectivity index (χ4n) is 2.37. The van der Waals surface area contributed by atoms with Gasteiger partial charge in [-0.15, -0.1) is 11.3 Å². The van der Waals surface area contributed by atoms with Gasteiger partial charge in [0.1, 0.15) is 10.7 Å². The predicted octanol–water partition coefficient (Wildman–Crippen LogP) is 3.76. The first-order valence-corrected chi connectivity index (χ1v) is 9.62. The number of para-hydroxylation sites is 1. The molecule has 142 valence electrons. The maximum Gasteiger partial charge on any atom is 0.270 e. The van der Waals surface area contributed by atoms with Gasteiger partial charge in [-0.05, 0) is 25.0 Å². The molecular formula is C19H26N2O4S. The van der Waals surface area contributed by atoms with Crippen molar-refractivity contribution < 1.29 is 19.0 Å². The Kier molecular flexibility index (Phi) is 8.37. The van der Waals surface area contributed by atoms with Crippen molar-refractivity contribution in [1.82, 2.24) is 10.3 Å². The second kappa shape index (κ2) is 10.8. The minimum atomic E-state index is -0.178. The Bertz CT molecular complexity index is 703. The number of unbranched alkanes of at least 4 members (excludes halogenated alkanes) is 1. The summed E-state index contributed by atoms with van der Waals surface area (Å²) in [7, 11) is 3.18. The standard InChI is InChI=1S/C19H26N2O4S/c1-4-5-11-25-12-7-10-20-18(22)15-13-26-19(21-15)14-8-6-9-16(23-2)17(14)24-3/h6,8-9,13H,4-5,7,10-12H2,1-3H3,(H,20,22). The van der Waals surface area contributed by atoms with E-state index in [9.17, 15) is 4.79 Å². The summed E-state index contributed by atoms with van der Waals surface area (Å²) in [5.41, 5.74) is 1.21. The fraction of sp³-hybridized carbons (Fsp3) is 0.474. The van der Waals surface area contributed by atoms with E-state index in [1.165, 1.54) is 11.3 Å². The van der Waals surface area contributed by atoms with E-state index in [-0.39, 0.29) is 5.91 Å². The van der Waals surface area contributed by atoms with E-state index in [1.54, 1.807) is 19.6 Å². The van der Waals surface area contributed by atoms with E-state index in [0.717, 1.165) is 31.4 Å². The van der Waals surface area contributed by atoms with Gasteiger partial charge in [0.25, 0.3) is 5.91 Å². The topological polar surface area (TPSA) is 69.7 Å². The molecule has 2 aromatic rings. The van der Waals surface area contributed by atoms with E-state index >= 15 is 0 Å². The first-order chi connectivity index (χ1) is 12.7. The summed E-state index contributed by atoms with van der Waals surface area (Å²) in [5, 5.41) is 5.34. The molecule has 0 atom stereocenters. The largest absolute Gasteiger partial charge is 0.493 e. The average molecular weight is 378 g/mol. The first-order valence-electron chi connectivity index (χ1n) is 8.74. The molecule has 2 rings (SSSR count). The first kappa shape index (κ1) is 20.2. The minimum Gasteiger partial charge on any atom is -0.493 e. The van der Waals surface area contributed by atoms with Gasteiger partial charge in [-0.2, -0.15) is 0 Å². The van der Waals surface area contributed by atoms with Crippen LogP contribution in [0.25, 0.3) is 10.6 Å². The third-order valence-corrected chi connectivity index (χ3v) is 4.64. The molecule has 0 bridgehead atoms. The summed E-state index contributed by atoms with van der Waals surface area (Å²) in [6.45, 7) is 4.14. The number of rotatable bonds is 11. The second-order valence-corrected chi connectivity index (χ2v) is 6.51. The molecule has 0 radical (unpaired) electrons. The molecule has 0 aliphatic heterocycles. The normalized spacial score (nSPS) is 10.6. The summed E-state index contributed by atoms with van der Waals surface area (Å²) >= 11 is 1.40. The molecule has 7 heteroatoms. The van der Waals surface area contributed by atoms with E-state index in [1.807, 2.05) is 18.2 Å². The zero-order valence-electron chi connectivity index (χ0n) is 15.5. The zero-order valence-corrected chi connectivity index (χ0v) is 16.4. The predicted molar refractivity (Wildman–Crippen MR) is 103 cm³/mol. The van der Waals surface area contributed by atoms with E-state index in [0.29, 0.717) is 35.4 Å². The number of hydrogen-bond acceptors (Lipinski definition) is 6.